The van der Waals surface area contributed by atoms with Gasteiger partial charge in [-0.05, 0) is 69.2 Å². The lowest BCUT2D eigenvalue weighted by Crippen LogP contribution is -2.32. The molecule has 0 saturated carbocycles. The van der Waals surface area contributed by atoms with Gasteiger partial charge in [0.25, 0.3) is 0 Å². The lowest BCUT2D eigenvalue weighted by molar-refractivity contribution is -0.116. The Bertz CT molecular complexity index is 944. The molecule has 0 saturated heterocycles. The average molecular weight is 439 g/mol. The van der Waals surface area contributed by atoms with E-state index in [1.165, 1.54) is 4.31 Å². The fourth-order valence-electron chi connectivity index (χ4n) is 2.81. The van der Waals surface area contributed by atoms with Crippen LogP contribution in [0.15, 0.2) is 42.5 Å². The molecule has 0 fully saturated rings. The monoisotopic (exact) mass is 438 g/mol. The van der Waals surface area contributed by atoms with Crippen molar-refractivity contribution >= 4 is 38.9 Å². The third-order valence-electron chi connectivity index (χ3n) is 4.12. The van der Waals surface area contributed by atoms with Crippen LogP contribution in [0.5, 0.6) is 5.75 Å². The van der Waals surface area contributed by atoms with Crippen molar-refractivity contribution in [2.24, 2.45) is 0 Å². The largest absolute Gasteiger partial charge is 0.491 e. The molecule has 0 unspecified atom stereocenters. The highest BCUT2D eigenvalue weighted by Gasteiger charge is 2.19. The Labute approximate surface area is 177 Å². The first-order chi connectivity index (χ1) is 13.6. The zero-order valence-electron chi connectivity index (χ0n) is 17.1. The number of hydrogen-bond donors (Lipinski definition) is 1. The molecule has 0 heterocycles. The molecule has 2 aromatic rings. The predicted molar refractivity (Wildman–Crippen MR) is 118 cm³/mol. The van der Waals surface area contributed by atoms with Crippen LogP contribution in [0.3, 0.4) is 0 Å². The summed E-state index contributed by atoms with van der Waals surface area (Å²) in [5.41, 5.74) is 1.99. The molecule has 0 aliphatic carbocycles. The van der Waals surface area contributed by atoms with E-state index in [4.69, 9.17) is 16.3 Å². The van der Waals surface area contributed by atoms with Crippen LogP contribution in [0.2, 0.25) is 5.02 Å². The number of anilines is 2. The quantitative estimate of drug-likeness (QED) is 0.619. The Morgan fingerprint density at radius 1 is 1.17 bits per heavy atom. The first-order valence-electron chi connectivity index (χ1n) is 9.36. The molecule has 8 heteroatoms. The van der Waals surface area contributed by atoms with Gasteiger partial charge in [-0.1, -0.05) is 17.7 Å². The molecule has 0 aliphatic heterocycles. The number of rotatable bonds is 9. The smallest absolute Gasteiger partial charge is 0.232 e. The van der Waals surface area contributed by atoms with Gasteiger partial charge >= 0.3 is 0 Å². The van der Waals surface area contributed by atoms with Crippen LogP contribution in [0.1, 0.15) is 32.3 Å². The number of halogens is 1. The molecule has 29 heavy (non-hydrogen) atoms. The van der Waals surface area contributed by atoms with Crippen molar-refractivity contribution in [2.75, 3.05) is 22.4 Å². The van der Waals surface area contributed by atoms with E-state index in [1.54, 1.807) is 42.5 Å². The number of nitrogens with zero attached hydrogens (tertiary/aromatic N) is 1. The maximum Gasteiger partial charge on any atom is 0.232 e. The van der Waals surface area contributed by atoms with Gasteiger partial charge in [0.15, 0.2) is 0 Å². The first-order valence-corrected chi connectivity index (χ1v) is 11.6. The minimum Gasteiger partial charge on any atom is -0.491 e. The van der Waals surface area contributed by atoms with E-state index in [0.29, 0.717) is 22.8 Å². The summed E-state index contributed by atoms with van der Waals surface area (Å²) >= 11 is 6.03. The van der Waals surface area contributed by atoms with Crippen molar-refractivity contribution in [1.82, 2.24) is 0 Å². The fraction of sp³-hybridized carbons (Fsp3) is 0.381. The topological polar surface area (TPSA) is 75.7 Å². The lowest BCUT2D eigenvalue weighted by atomic mass is 10.2. The van der Waals surface area contributed by atoms with Gasteiger partial charge in [0.05, 0.1) is 18.0 Å². The van der Waals surface area contributed by atoms with Gasteiger partial charge in [-0.25, -0.2) is 8.42 Å². The summed E-state index contributed by atoms with van der Waals surface area (Å²) < 4.78 is 31.3. The van der Waals surface area contributed by atoms with Gasteiger partial charge in [-0.15, -0.1) is 0 Å². The fourth-order valence-corrected chi connectivity index (χ4v) is 3.99. The molecule has 0 radical (unpaired) electrons. The van der Waals surface area contributed by atoms with Crippen LogP contribution in [0.4, 0.5) is 11.4 Å². The summed E-state index contributed by atoms with van der Waals surface area (Å²) in [4.78, 5) is 12.2. The van der Waals surface area contributed by atoms with Crippen molar-refractivity contribution in [2.45, 2.75) is 39.7 Å². The lowest BCUT2D eigenvalue weighted by Gasteiger charge is -2.24. The molecule has 1 amide bonds. The zero-order chi connectivity index (χ0) is 21.6. The maximum absolute atomic E-state index is 12.2. The van der Waals surface area contributed by atoms with Crippen LogP contribution in [-0.2, 0) is 14.8 Å². The first kappa shape index (κ1) is 23.0. The molecule has 158 valence electrons. The second-order valence-corrected chi connectivity index (χ2v) is 9.45. The van der Waals surface area contributed by atoms with Crippen LogP contribution in [0.25, 0.3) is 0 Å². The number of nitrogens with one attached hydrogen (secondary N) is 1. The van der Waals surface area contributed by atoms with E-state index in [0.717, 1.165) is 17.6 Å². The standard InChI is InChI=1S/C21H27ClN2O4S/c1-15(2)28-19-11-9-18(10-12-19)23-21(25)6-5-13-24(29(4,26)27)20-14-17(22)8-7-16(20)3/h7-12,14-15H,5-6,13H2,1-4H3,(H,23,25). The van der Waals surface area contributed by atoms with Crippen molar-refractivity contribution in [1.29, 1.82) is 0 Å². The van der Waals surface area contributed by atoms with Crippen molar-refractivity contribution < 1.29 is 17.9 Å². The zero-order valence-corrected chi connectivity index (χ0v) is 18.7. The van der Waals surface area contributed by atoms with Crippen molar-refractivity contribution in [3.8, 4) is 5.75 Å². The molecule has 0 bridgehead atoms. The van der Waals surface area contributed by atoms with Crippen LogP contribution in [-0.4, -0.2) is 33.2 Å². The SMILES string of the molecule is Cc1ccc(Cl)cc1N(CCCC(=O)Nc1ccc(OC(C)C)cc1)S(C)(=O)=O. The summed E-state index contributed by atoms with van der Waals surface area (Å²) in [6.45, 7) is 5.90. The Morgan fingerprint density at radius 2 is 1.83 bits per heavy atom. The van der Waals surface area contributed by atoms with Gasteiger partial charge in [-0.3, -0.25) is 9.10 Å². The van der Waals surface area contributed by atoms with Gasteiger partial charge in [-0.2, -0.15) is 0 Å². The molecule has 2 rings (SSSR count). The molecule has 0 aromatic heterocycles. The molecule has 0 aliphatic rings. The van der Waals surface area contributed by atoms with E-state index in [2.05, 4.69) is 5.32 Å². The highest BCUT2D eigenvalue weighted by molar-refractivity contribution is 7.92. The van der Waals surface area contributed by atoms with Crippen LogP contribution >= 0.6 is 11.6 Å². The molecule has 0 spiro atoms. The molecule has 2 aromatic carbocycles. The minimum absolute atomic E-state index is 0.0800. The number of aryl methyl sites for hydroxylation is 1. The van der Waals surface area contributed by atoms with E-state index in [-0.39, 0.29) is 25.0 Å². The highest BCUT2D eigenvalue weighted by atomic mass is 35.5. The summed E-state index contributed by atoms with van der Waals surface area (Å²) in [6, 6.07) is 12.2. The number of sulfonamides is 1. The van der Waals surface area contributed by atoms with E-state index >= 15 is 0 Å². The Morgan fingerprint density at radius 3 is 2.41 bits per heavy atom. The number of carbonyl (C=O) groups is 1. The third-order valence-corrected chi connectivity index (χ3v) is 5.53. The predicted octanol–water partition coefficient (Wildman–Crippen LogP) is 4.62. The highest BCUT2D eigenvalue weighted by Crippen LogP contribution is 2.26. The number of carbonyl (C=O) groups excluding carboxylic acids is 1. The van der Waals surface area contributed by atoms with E-state index in [9.17, 15) is 13.2 Å². The molecule has 1 N–H and O–H groups in total. The normalized spacial score (nSPS) is 11.4. The Hall–Kier alpha value is -2.25. The average Bonchev–Trinajstić information content (AvgIpc) is 2.61. The minimum atomic E-state index is -3.50. The second kappa shape index (κ2) is 9.98. The number of benzene rings is 2. The molecule has 0 atom stereocenters. The second-order valence-electron chi connectivity index (χ2n) is 7.11. The number of hydrogen-bond acceptors (Lipinski definition) is 4. The van der Waals surface area contributed by atoms with Crippen LogP contribution < -0.4 is 14.4 Å². The van der Waals surface area contributed by atoms with E-state index < -0.39 is 10.0 Å². The summed E-state index contributed by atoms with van der Waals surface area (Å²) in [5.74, 6) is 0.553. The van der Waals surface area contributed by atoms with Gasteiger partial charge in [0, 0.05) is 23.7 Å². The number of amides is 1. The van der Waals surface area contributed by atoms with E-state index in [1.807, 2.05) is 20.8 Å². The summed E-state index contributed by atoms with van der Waals surface area (Å²) in [7, 11) is -3.50. The molecular weight excluding hydrogens is 412 g/mol. The van der Waals surface area contributed by atoms with Crippen molar-refractivity contribution in [3.63, 3.8) is 0 Å². The number of ether oxygens (including phenoxy) is 1. The van der Waals surface area contributed by atoms with Gasteiger partial charge in [0.1, 0.15) is 5.75 Å². The Balaban J connectivity index is 1.95. The summed E-state index contributed by atoms with van der Waals surface area (Å²) in [5, 5.41) is 3.27. The van der Waals surface area contributed by atoms with Crippen LogP contribution in [0, 0.1) is 6.92 Å². The molecule has 6 nitrogen and oxygen atoms in total. The van der Waals surface area contributed by atoms with Gasteiger partial charge in [0.2, 0.25) is 15.9 Å². The summed E-state index contributed by atoms with van der Waals surface area (Å²) in [6.07, 6.45) is 1.79. The van der Waals surface area contributed by atoms with Gasteiger partial charge < -0.3 is 10.1 Å². The maximum atomic E-state index is 12.2. The molecular formula is C21H27ClN2O4S. The third kappa shape index (κ3) is 7.25. The van der Waals surface area contributed by atoms with Crippen molar-refractivity contribution in [3.05, 3.63) is 53.1 Å². The Kier molecular flexibility index (Phi) is 7.93.